The van der Waals surface area contributed by atoms with Crippen molar-refractivity contribution in [2.45, 2.75) is 45.7 Å². The number of carbonyl (C=O) groups excluding carboxylic acids is 2. The number of carbonyl (C=O) groups is 2. The van der Waals surface area contributed by atoms with Gasteiger partial charge in [-0.1, -0.05) is 26.0 Å². The highest BCUT2D eigenvalue weighted by Gasteiger charge is 2.33. The molecule has 0 saturated carbocycles. The first-order chi connectivity index (χ1) is 12.3. The van der Waals surface area contributed by atoms with E-state index in [1.807, 2.05) is 31.7 Å². The summed E-state index contributed by atoms with van der Waals surface area (Å²) < 4.78 is 5.26. The number of rotatable bonds is 6. The van der Waals surface area contributed by atoms with E-state index in [0.717, 1.165) is 19.4 Å². The van der Waals surface area contributed by atoms with Crippen molar-refractivity contribution in [2.24, 2.45) is 17.6 Å². The fraction of sp³-hybridized carbons (Fsp3) is 0.600. The number of ether oxygens (including phenoxy) is 1. The quantitative estimate of drug-likeness (QED) is 0.772. The first-order valence-electron chi connectivity index (χ1n) is 9.33. The normalized spacial score (nSPS) is 19.0. The number of benzene rings is 1. The predicted molar refractivity (Wildman–Crippen MR) is 109 cm³/mol. The largest absolute Gasteiger partial charge is 0.496 e. The maximum atomic E-state index is 13.1. The third-order valence-electron chi connectivity index (χ3n) is 5.08. The Kier molecular flexibility index (Phi) is 9.06. The fourth-order valence-corrected chi connectivity index (χ4v) is 3.40. The van der Waals surface area contributed by atoms with Crippen LogP contribution in [0.4, 0.5) is 0 Å². The molecule has 1 saturated heterocycles. The number of nitrogens with two attached hydrogens (primary N) is 1. The molecular weight excluding hydrogens is 366 g/mol. The summed E-state index contributed by atoms with van der Waals surface area (Å²) in [6.45, 7) is 7.25. The summed E-state index contributed by atoms with van der Waals surface area (Å²) in [5.74, 6) is 0.459. The van der Waals surface area contributed by atoms with Gasteiger partial charge in [0.1, 0.15) is 11.8 Å². The Morgan fingerprint density at radius 3 is 2.52 bits per heavy atom. The van der Waals surface area contributed by atoms with Gasteiger partial charge in [0.05, 0.1) is 12.7 Å². The van der Waals surface area contributed by atoms with Crippen LogP contribution in [0.5, 0.6) is 5.75 Å². The Balaban J connectivity index is 0.00000364. The summed E-state index contributed by atoms with van der Waals surface area (Å²) >= 11 is 0. The molecule has 1 aromatic rings. The summed E-state index contributed by atoms with van der Waals surface area (Å²) in [5.41, 5.74) is 6.46. The third kappa shape index (κ3) is 5.84. The number of methoxy groups -OCH3 is 1. The van der Waals surface area contributed by atoms with Gasteiger partial charge in [-0.2, -0.15) is 0 Å². The van der Waals surface area contributed by atoms with E-state index in [1.165, 1.54) is 7.11 Å². The summed E-state index contributed by atoms with van der Waals surface area (Å²) in [4.78, 5) is 27.6. The number of para-hydroxylation sites is 1. The van der Waals surface area contributed by atoms with E-state index in [1.54, 1.807) is 18.2 Å². The van der Waals surface area contributed by atoms with Crippen molar-refractivity contribution in [1.29, 1.82) is 0 Å². The number of halogens is 1. The molecule has 1 heterocycles. The highest BCUT2D eigenvalue weighted by Crippen LogP contribution is 2.22. The molecule has 3 N–H and O–H groups in total. The molecule has 0 bridgehead atoms. The third-order valence-corrected chi connectivity index (χ3v) is 5.08. The molecule has 1 aromatic carbocycles. The average Bonchev–Trinajstić information content (AvgIpc) is 2.65. The molecule has 27 heavy (non-hydrogen) atoms. The van der Waals surface area contributed by atoms with Crippen molar-refractivity contribution in [1.82, 2.24) is 10.2 Å². The van der Waals surface area contributed by atoms with Gasteiger partial charge < -0.3 is 20.7 Å². The fourth-order valence-electron chi connectivity index (χ4n) is 3.40. The van der Waals surface area contributed by atoms with Crippen molar-refractivity contribution >= 4 is 24.2 Å². The zero-order valence-electron chi connectivity index (χ0n) is 16.6. The van der Waals surface area contributed by atoms with Crippen LogP contribution in [-0.2, 0) is 4.79 Å². The molecule has 1 aliphatic heterocycles. The number of hydrogen-bond acceptors (Lipinski definition) is 4. The van der Waals surface area contributed by atoms with Crippen molar-refractivity contribution in [3.8, 4) is 5.75 Å². The van der Waals surface area contributed by atoms with Crippen LogP contribution in [0, 0.1) is 11.8 Å². The zero-order chi connectivity index (χ0) is 19.3. The number of amides is 2. The molecule has 6 nitrogen and oxygen atoms in total. The van der Waals surface area contributed by atoms with Gasteiger partial charge in [0.2, 0.25) is 5.91 Å². The van der Waals surface area contributed by atoms with Crippen LogP contribution in [0.25, 0.3) is 0 Å². The molecule has 1 fully saturated rings. The highest BCUT2D eigenvalue weighted by molar-refractivity contribution is 5.99. The molecule has 2 amide bonds. The summed E-state index contributed by atoms with van der Waals surface area (Å²) in [6.07, 6.45) is 1.99. The Labute approximate surface area is 168 Å². The second kappa shape index (κ2) is 10.5. The Hall–Kier alpha value is -1.79. The van der Waals surface area contributed by atoms with E-state index in [2.05, 4.69) is 5.32 Å². The summed E-state index contributed by atoms with van der Waals surface area (Å²) in [7, 11) is 1.53. The SMILES string of the molecule is COc1ccccc1C(=O)NC(C(=O)N1CCCC(C(C)N)C1)C(C)C.Cl. The molecular formula is C20H32ClN3O3. The number of nitrogens with one attached hydrogen (secondary N) is 1. The highest BCUT2D eigenvalue weighted by atomic mass is 35.5. The van der Waals surface area contributed by atoms with Crippen LogP contribution in [0.15, 0.2) is 24.3 Å². The Morgan fingerprint density at radius 1 is 1.26 bits per heavy atom. The lowest BCUT2D eigenvalue weighted by atomic mass is 9.91. The number of likely N-dealkylation sites (tertiary alicyclic amines) is 1. The van der Waals surface area contributed by atoms with Gasteiger partial charge in [0.25, 0.3) is 5.91 Å². The average molecular weight is 398 g/mol. The number of hydrogen-bond donors (Lipinski definition) is 2. The minimum absolute atomic E-state index is 0. The summed E-state index contributed by atoms with van der Waals surface area (Å²) in [5, 5.41) is 2.91. The molecule has 2 rings (SSSR count). The first-order valence-corrected chi connectivity index (χ1v) is 9.33. The maximum absolute atomic E-state index is 13.1. The van der Waals surface area contributed by atoms with E-state index in [-0.39, 0.29) is 36.2 Å². The van der Waals surface area contributed by atoms with Gasteiger partial charge in [-0.05, 0) is 43.7 Å². The van der Waals surface area contributed by atoms with E-state index >= 15 is 0 Å². The second-order valence-electron chi connectivity index (χ2n) is 7.44. The van der Waals surface area contributed by atoms with E-state index in [9.17, 15) is 9.59 Å². The van der Waals surface area contributed by atoms with Crippen LogP contribution in [0.2, 0.25) is 0 Å². The van der Waals surface area contributed by atoms with Crippen LogP contribution in [-0.4, -0.2) is 49.0 Å². The lowest BCUT2D eigenvalue weighted by molar-refractivity contribution is -0.136. The first kappa shape index (κ1) is 23.2. The molecule has 3 unspecified atom stereocenters. The van der Waals surface area contributed by atoms with Gasteiger partial charge in [-0.15, -0.1) is 12.4 Å². The molecule has 0 spiro atoms. The lowest BCUT2D eigenvalue weighted by Gasteiger charge is -2.37. The van der Waals surface area contributed by atoms with Gasteiger partial charge in [0.15, 0.2) is 0 Å². The molecule has 3 atom stereocenters. The Morgan fingerprint density at radius 2 is 1.93 bits per heavy atom. The zero-order valence-corrected chi connectivity index (χ0v) is 17.4. The van der Waals surface area contributed by atoms with Gasteiger partial charge >= 0.3 is 0 Å². The van der Waals surface area contributed by atoms with Crippen molar-refractivity contribution in [3.05, 3.63) is 29.8 Å². The van der Waals surface area contributed by atoms with Crippen LogP contribution in [0.1, 0.15) is 44.0 Å². The van der Waals surface area contributed by atoms with E-state index in [4.69, 9.17) is 10.5 Å². The van der Waals surface area contributed by atoms with Crippen LogP contribution < -0.4 is 15.8 Å². The maximum Gasteiger partial charge on any atom is 0.255 e. The van der Waals surface area contributed by atoms with Crippen molar-refractivity contribution < 1.29 is 14.3 Å². The van der Waals surface area contributed by atoms with Crippen molar-refractivity contribution in [2.75, 3.05) is 20.2 Å². The molecule has 7 heteroatoms. The smallest absolute Gasteiger partial charge is 0.255 e. The predicted octanol–water partition coefficient (Wildman–Crippen LogP) is 2.46. The molecule has 1 aliphatic rings. The number of nitrogens with zero attached hydrogens (tertiary/aromatic N) is 1. The van der Waals surface area contributed by atoms with E-state index in [0.29, 0.717) is 23.8 Å². The molecule has 0 aromatic heterocycles. The Bertz CT molecular complexity index is 637. The van der Waals surface area contributed by atoms with Gasteiger partial charge in [-0.3, -0.25) is 9.59 Å². The van der Waals surface area contributed by atoms with Crippen LogP contribution >= 0.6 is 12.4 Å². The standard InChI is InChI=1S/C20H31N3O3.ClH/c1-13(2)18(20(25)23-11-7-8-15(12-23)14(3)21)22-19(24)16-9-5-6-10-17(16)26-4;/h5-6,9-10,13-15,18H,7-8,11-12,21H2,1-4H3,(H,22,24);1H. The number of piperidine rings is 1. The topological polar surface area (TPSA) is 84.7 Å². The van der Waals surface area contributed by atoms with Gasteiger partial charge in [-0.25, -0.2) is 0 Å². The summed E-state index contributed by atoms with van der Waals surface area (Å²) in [6, 6.07) is 6.51. The minimum Gasteiger partial charge on any atom is -0.496 e. The molecule has 0 aliphatic carbocycles. The lowest BCUT2D eigenvalue weighted by Crippen LogP contribution is -2.54. The monoisotopic (exact) mass is 397 g/mol. The van der Waals surface area contributed by atoms with Gasteiger partial charge in [0, 0.05) is 19.1 Å². The van der Waals surface area contributed by atoms with Crippen LogP contribution in [0.3, 0.4) is 0 Å². The van der Waals surface area contributed by atoms with E-state index < -0.39 is 6.04 Å². The second-order valence-corrected chi connectivity index (χ2v) is 7.44. The minimum atomic E-state index is -0.570. The van der Waals surface area contributed by atoms with Crippen molar-refractivity contribution in [3.63, 3.8) is 0 Å². The molecule has 0 radical (unpaired) electrons. The molecule has 152 valence electrons.